The molecule has 1 aromatic carbocycles. The number of sulfonamides is 1. The summed E-state index contributed by atoms with van der Waals surface area (Å²) in [5.41, 5.74) is -1.29. The molecule has 0 radical (unpaired) electrons. The topological polar surface area (TPSA) is 83.9 Å². The molecule has 0 aromatic heterocycles. The Morgan fingerprint density at radius 1 is 1.48 bits per heavy atom. The van der Waals surface area contributed by atoms with Crippen LogP contribution in [0.3, 0.4) is 0 Å². The molecule has 0 amide bonds. The zero-order chi connectivity index (χ0) is 15.8. The van der Waals surface area contributed by atoms with Crippen LogP contribution in [0.5, 0.6) is 0 Å². The highest BCUT2D eigenvalue weighted by molar-refractivity contribution is 7.89. The van der Waals surface area contributed by atoms with E-state index in [9.17, 15) is 22.7 Å². The number of methoxy groups -OCH3 is 1. The highest BCUT2D eigenvalue weighted by Gasteiger charge is 2.46. The SMILES string of the molecule is CCC1(O)CN(S(=O)(=O)c2cc(F)ccc2C(=O)OC)C1. The number of aliphatic hydroxyl groups is 1. The van der Waals surface area contributed by atoms with Crippen LogP contribution in [0.25, 0.3) is 0 Å². The molecule has 0 saturated carbocycles. The summed E-state index contributed by atoms with van der Waals surface area (Å²) in [7, 11) is -2.95. The number of benzene rings is 1. The van der Waals surface area contributed by atoms with Gasteiger partial charge in [0.1, 0.15) is 5.82 Å². The van der Waals surface area contributed by atoms with E-state index in [4.69, 9.17) is 0 Å². The van der Waals surface area contributed by atoms with E-state index in [0.717, 1.165) is 29.6 Å². The number of ether oxygens (including phenoxy) is 1. The van der Waals surface area contributed by atoms with E-state index in [1.807, 2.05) is 0 Å². The lowest BCUT2D eigenvalue weighted by molar-refractivity contribution is -0.0613. The van der Waals surface area contributed by atoms with Crippen LogP contribution in [0.4, 0.5) is 4.39 Å². The van der Waals surface area contributed by atoms with E-state index < -0.39 is 32.3 Å². The zero-order valence-electron chi connectivity index (χ0n) is 11.7. The van der Waals surface area contributed by atoms with Crippen molar-refractivity contribution in [1.82, 2.24) is 4.31 Å². The second-order valence-electron chi connectivity index (χ2n) is 4.98. The van der Waals surface area contributed by atoms with Crippen molar-refractivity contribution < 1.29 is 27.4 Å². The van der Waals surface area contributed by atoms with Gasteiger partial charge in [0.2, 0.25) is 10.0 Å². The maximum Gasteiger partial charge on any atom is 0.339 e. The molecule has 0 unspecified atom stereocenters. The summed E-state index contributed by atoms with van der Waals surface area (Å²) in [6.07, 6.45) is 0.409. The third kappa shape index (κ3) is 2.78. The van der Waals surface area contributed by atoms with Crippen molar-refractivity contribution in [1.29, 1.82) is 0 Å². The van der Waals surface area contributed by atoms with Gasteiger partial charge in [-0.25, -0.2) is 17.6 Å². The molecule has 21 heavy (non-hydrogen) atoms. The van der Waals surface area contributed by atoms with Gasteiger partial charge >= 0.3 is 5.97 Å². The first-order valence-electron chi connectivity index (χ1n) is 6.34. The average molecular weight is 317 g/mol. The van der Waals surface area contributed by atoms with E-state index in [0.29, 0.717) is 6.42 Å². The normalized spacial score (nSPS) is 18.1. The predicted octanol–water partition coefficient (Wildman–Crippen LogP) is 0.758. The lowest BCUT2D eigenvalue weighted by Gasteiger charge is -2.44. The monoisotopic (exact) mass is 317 g/mol. The fraction of sp³-hybridized carbons (Fsp3) is 0.462. The molecule has 1 aliphatic rings. The van der Waals surface area contributed by atoms with Crippen LogP contribution in [-0.4, -0.2) is 49.6 Å². The van der Waals surface area contributed by atoms with Gasteiger partial charge in [0.25, 0.3) is 0 Å². The van der Waals surface area contributed by atoms with E-state index in [1.54, 1.807) is 6.92 Å². The third-order valence-corrected chi connectivity index (χ3v) is 5.40. The fourth-order valence-electron chi connectivity index (χ4n) is 2.13. The third-order valence-electron chi connectivity index (χ3n) is 3.57. The van der Waals surface area contributed by atoms with Crippen molar-refractivity contribution in [2.24, 2.45) is 0 Å². The van der Waals surface area contributed by atoms with Crippen LogP contribution in [0.1, 0.15) is 23.7 Å². The van der Waals surface area contributed by atoms with Crippen molar-refractivity contribution in [3.05, 3.63) is 29.6 Å². The van der Waals surface area contributed by atoms with Crippen LogP contribution >= 0.6 is 0 Å². The average Bonchev–Trinajstić information content (AvgIpc) is 2.42. The summed E-state index contributed by atoms with van der Waals surface area (Å²) in [6.45, 7) is 1.58. The maximum atomic E-state index is 13.4. The van der Waals surface area contributed by atoms with Crippen LogP contribution in [0.2, 0.25) is 0 Å². The minimum Gasteiger partial charge on any atom is -0.465 e. The molecule has 0 bridgehead atoms. The number of β-amino-alcohol motifs (C(OH)–C–C–N with tert-alkyl or cyclic N) is 1. The summed E-state index contributed by atoms with van der Waals surface area (Å²) in [5.74, 6) is -1.63. The molecule has 0 atom stereocenters. The van der Waals surface area contributed by atoms with Gasteiger partial charge in [-0.2, -0.15) is 4.31 Å². The molecule has 116 valence electrons. The minimum atomic E-state index is -4.06. The Hall–Kier alpha value is -1.51. The van der Waals surface area contributed by atoms with Gasteiger partial charge in [0.15, 0.2) is 0 Å². The second-order valence-corrected chi connectivity index (χ2v) is 6.89. The number of hydrogen-bond acceptors (Lipinski definition) is 5. The molecule has 0 spiro atoms. The summed E-state index contributed by atoms with van der Waals surface area (Å²) in [5, 5.41) is 9.91. The second kappa shape index (κ2) is 5.36. The van der Waals surface area contributed by atoms with Crippen LogP contribution in [0, 0.1) is 5.82 Å². The lowest BCUT2D eigenvalue weighted by atomic mass is 9.94. The Labute approximate surface area is 122 Å². The Morgan fingerprint density at radius 2 is 2.10 bits per heavy atom. The lowest BCUT2D eigenvalue weighted by Crippen LogP contribution is -2.63. The van der Waals surface area contributed by atoms with Gasteiger partial charge in [-0.05, 0) is 24.6 Å². The van der Waals surface area contributed by atoms with Gasteiger partial charge in [-0.15, -0.1) is 0 Å². The number of carbonyl (C=O) groups is 1. The van der Waals surface area contributed by atoms with Crippen LogP contribution in [-0.2, 0) is 14.8 Å². The van der Waals surface area contributed by atoms with Crippen molar-refractivity contribution in [3.63, 3.8) is 0 Å². The number of hydrogen-bond donors (Lipinski definition) is 1. The standard InChI is InChI=1S/C13H16FNO5S/c1-3-13(17)7-15(8-13)21(18,19)11-6-9(14)4-5-10(11)12(16)20-2/h4-6,17H,3,7-8H2,1-2H3. The van der Waals surface area contributed by atoms with Crippen molar-refractivity contribution in [2.45, 2.75) is 23.8 Å². The molecule has 1 fully saturated rings. The smallest absolute Gasteiger partial charge is 0.339 e. The molecule has 6 nitrogen and oxygen atoms in total. The fourth-order valence-corrected chi connectivity index (χ4v) is 3.92. The molecule has 1 aromatic rings. The van der Waals surface area contributed by atoms with Crippen molar-refractivity contribution >= 4 is 16.0 Å². The van der Waals surface area contributed by atoms with Crippen molar-refractivity contribution in [2.75, 3.05) is 20.2 Å². The number of nitrogens with zero attached hydrogens (tertiary/aromatic N) is 1. The van der Waals surface area contributed by atoms with Gasteiger partial charge in [0.05, 0.1) is 23.2 Å². The van der Waals surface area contributed by atoms with Gasteiger partial charge in [0, 0.05) is 13.1 Å². The largest absolute Gasteiger partial charge is 0.465 e. The molecule has 0 aliphatic carbocycles. The number of halogens is 1. The van der Waals surface area contributed by atoms with E-state index >= 15 is 0 Å². The molecule has 1 aliphatic heterocycles. The first-order chi connectivity index (χ1) is 9.73. The van der Waals surface area contributed by atoms with Crippen molar-refractivity contribution in [3.8, 4) is 0 Å². The molecule has 1 N–H and O–H groups in total. The number of carbonyl (C=O) groups excluding carboxylic acids is 1. The quantitative estimate of drug-likeness (QED) is 0.829. The van der Waals surface area contributed by atoms with Gasteiger partial charge in [-0.1, -0.05) is 6.92 Å². The summed E-state index contributed by atoms with van der Waals surface area (Å²) in [6, 6.07) is 2.84. The molecular formula is C13H16FNO5S. The maximum absolute atomic E-state index is 13.4. The number of esters is 1. The highest BCUT2D eigenvalue weighted by Crippen LogP contribution is 2.32. The van der Waals surface area contributed by atoms with Gasteiger partial charge in [-0.3, -0.25) is 0 Å². The first-order valence-corrected chi connectivity index (χ1v) is 7.78. The molecule has 8 heteroatoms. The van der Waals surface area contributed by atoms with E-state index in [2.05, 4.69) is 4.74 Å². The Balaban J connectivity index is 2.41. The zero-order valence-corrected chi connectivity index (χ0v) is 12.5. The Kier molecular flexibility index (Phi) is 4.05. The van der Waals surface area contributed by atoms with Gasteiger partial charge < -0.3 is 9.84 Å². The Bertz CT molecular complexity index is 667. The molecule has 1 saturated heterocycles. The predicted molar refractivity (Wildman–Crippen MR) is 71.7 cm³/mol. The highest BCUT2D eigenvalue weighted by atomic mass is 32.2. The van der Waals surface area contributed by atoms with Crippen LogP contribution < -0.4 is 0 Å². The molecule has 1 heterocycles. The number of rotatable bonds is 4. The van der Waals surface area contributed by atoms with E-state index in [1.165, 1.54) is 0 Å². The Morgan fingerprint density at radius 3 is 2.62 bits per heavy atom. The first kappa shape index (κ1) is 15.9. The van der Waals surface area contributed by atoms with Crippen LogP contribution in [0.15, 0.2) is 23.1 Å². The molecule has 2 rings (SSSR count). The van der Waals surface area contributed by atoms with E-state index in [-0.39, 0.29) is 18.7 Å². The minimum absolute atomic E-state index is 0.0804. The summed E-state index contributed by atoms with van der Waals surface area (Å²) in [4.78, 5) is 11.2. The summed E-state index contributed by atoms with van der Waals surface area (Å²) >= 11 is 0. The molecular weight excluding hydrogens is 301 g/mol. The summed E-state index contributed by atoms with van der Waals surface area (Å²) < 4.78 is 43.8.